The van der Waals surface area contributed by atoms with Crippen LogP contribution in [0, 0.1) is 0 Å². The fourth-order valence-electron chi connectivity index (χ4n) is 7.97. The molecule has 216 valence electrons. The van der Waals surface area contributed by atoms with Crippen LogP contribution < -0.4 is 10.4 Å². The molecule has 1 aliphatic rings. The zero-order chi connectivity index (χ0) is 30.6. The molecule has 0 aliphatic carbocycles. The molecule has 3 nitrogen and oxygen atoms in total. The molecule has 0 saturated carbocycles. The number of para-hydroxylation sites is 1. The number of hydrogen-bond acceptors (Lipinski definition) is 2. The van der Waals surface area contributed by atoms with Crippen LogP contribution in [0.25, 0.3) is 82.6 Å². The lowest BCUT2D eigenvalue weighted by Gasteiger charge is -2.18. The fraction of sp³-hybridized carbons (Fsp3) is 0.0476. The summed E-state index contributed by atoms with van der Waals surface area (Å²) in [6.07, 6.45) is 0. The van der Waals surface area contributed by atoms with Gasteiger partial charge in [0.1, 0.15) is 8.07 Å². The molecule has 0 spiro atoms. The van der Waals surface area contributed by atoms with Crippen molar-refractivity contribution in [2.75, 3.05) is 0 Å². The Bertz CT molecular complexity index is 2720. The van der Waals surface area contributed by atoms with Crippen LogP contribution in [0.15, 0.2) is 140 Å². The lowest BCUT2D eigenvalue weighted by molar-refractivity contribution is 1.02. The average molecular weight is 604 g/mol. The zero-order valence-corrected chi connectivity index (χ0v) is 26.6. The van der Waals surface area contributed by atoms with Gasteiger partial charge < -0.3 is 0 Å². The standard InChI is InChI=1S/C42H29N3Si/c1-46(2)37-19-11-9-17-31(37)39-33-25-34-30-16-8-10-18-35(30)45(36(34)24-28(33)21-23-38(39)46)42-43-40(27-13-4-3-5-14-27)32-22-20-26-12-6-7-15-29(26)41(32)44-42/h3-25H,1-2H3. The topological polar surface area (TPSA) is 30.7 Å². The van der Waals surface area contributed by atoms with Crippen molar-refractivity contribution in [2.45, 2.75) is 13.1 Å². The van der Waals surface area contributed by atoms with E-state index in [1.165, 1.54) is 48.4 Å². The predicted molar refractivity (Wildman–Crippen MR) is 197 cm³/mol. The molecular weight excluding hydrogens is 575 g/mol. The summed E-state index contributed by atoms with van der Waals surface area (Å²) < 4.78 is 2.28. The first-order valence-electron chi connectivity index (χ1n) is 15.9. The highest BCUT2D eigenvalue weighted by molar-refractivity contribution is 7.04. The first-order valence-corrected chi connectivity index (χ1v) is 18.9. The first-order chi connectivity index (χ1) is 22.6. The van der Waals surface area contributed by atoms with Crippen molar-refractivity contribution in [1.82, 2.24) is 14.5 Å². The second-order valence-corrected chi connectivity index (χ2v) is 17.4. The van der Waals surface area contributed by atoms with E-state index < -0.39 is 8.07 Å². The van der Waals surface area contributed by atoms with Crippen LogP contribution in [0.2, 0.25) is 13.1 Å². The molecule has 46 heavy (non-hydrogen) atoms. The maximum atomic E-state index is 5.38. The molecule has 7 aromatic carbocycles. The Kier molecular flexibility index (Phi) is 5.16. The van der Waals surface area contributed by atoms with Crippen molar-refractivity contribution in [2.24, 2.45) is 0 Å². The van der Waals surface area contributed by atoms with Gasteiger partial charge in [-0.1, -0.05) is 128 Å². The van der Waals surface area contributed by atoms with E-state index in [1.807, 2.05) is 0 Å². The van der Waals surface area contributed by atoms with Crippen LogP contribution >= 0.6 is 0 Å². The molecule has 0 saturated heterocycles. The largest absolute Gasteiger partial charge is 0.278 e. The van der Waals surface area contributed by atoms with Crippen molar-refractivity contribution in [3.8, 4) is 28.3 Å². The minimum atomic E-state index is -1.78. The van der Waals surface area contributed by atoms with Crippen LogP contribution in [-0.2, 0) is 0 Å². The van der Waals surface area contributed by atoms with E-state index in [4.69, 9.17) is 9.97 Å². The van der Waals surface area contributed by atoms with Crippen LogP contribution in [0.4, 0.5) is 0 Å². The quantitative estimate of drug-likeness (QED) is 0.146. The van der Waals surface area contributed by atoms with Gasteiger partial charge in [0.15, 0.2) is 0 Å². The molecule has 0 fully saturated rings. The maximum absolute atomic E-state index is 5.38. The minimum absolute atomic E-state index is 0.688. The molecule has 0 unspecified atom stereocenters. The second kappa shape index (κ2) is 9.22. The lowest BCUT2D eigenvalue weighted by atomic mass is 9.96. The van der Waals surface area contributed by atoms with Crippen LogP contribution in [0.5, 0.6) is 0 Å². The summed E-state index contributed by atoms with van der Waals surface area (Å²) in [6.45, 7) is 4.97. The average Bonchev–Trinajstić information content (AvgIpc) is 3.55. The number of nitrogens with zero attached hydrogens (tertiary/aromatic N) is 3. The highest BCUT2D eigenvalue weighted by Crippen LogP contribution is 2.40. The molecule has 3 heterocycles. The Morgan fingerprint density at radius 3 is 2.13 bits per heavy atom. The third-order valence-corrected chi connectivity index (χ3v) is 13.7. The van der Waals surface area contributed by atoms with E-state index in [2.05, 4.69) is 157 Å². The van der Waals surface area contributed by atoms with E-state index >= 15 is 0 Å². The van der Waals surface area contributed by atoms with Crippen molar-refractivity contribution >= 4 is 72.7 Å². The van der Waals surface area contributed by atoms with Crippen LogP contribution in [0.3, 0.4) is 0 Å². The van der Waals surface area contributed by atoms with E-state index in [0.29, 0.717) is 5.95 Å². The fourth-order valence-corrected chi connectivity index (χ4v) is 11.1. The molecule has 10 rings (SSSR count). The summed E-state index contributed by atoms with van der Waals surface area (Å²) >= 11 is 0. The van der Waals surface area contributed by atoms with Crippen molar-refractivity contribution in [3.05, 3.63) is 140 Å². The Morgan fingerprint density at radius 2 is 1.24 bits per heavy atom. The molecule has 0 N–H and O–H groups in total. The highest BCUT2D eigenvalue weighted by atomic mass is 28.3. The third kappa shape index (κ3) is 3.42. The van der Waals surface area contributed by atoms with E-state index in [1.54, 1.807) is 0 Å². The second-order valence-electron chi connectivity index (χ2n) is 13.0. The van der Waals surface area contributed by atoms with Crippen LogP contribution in [-0.4, -0.2) is 22.6 Å². The van der Waals surface area contributed by atoms with Gasteiger partial charge >= 0.3 is 0 Å². The molecule has 0 radical (unpaired) electrons. The van der Waals surface area contributed by atoms with E-state index in [-0.39, 0.29) is 0 Å². The zero-order valence-electron chi connectivity index (χ0n) is 25.6. The number of hydrogen-bond donors (Lipinski definition) is 0. The van der Waals surface area contributed by atoms with E-state index in [0.717, 1.165) is 38.6 Å². The molecule has 0 bridgehead atoms. The number of benzene rings is 7. The minimum Gasteiger partial charge on any atom is -0.278 e. The Labute approximate surface area is 267 Å². The summed E-state index contributed by atoms with van der Waals surface area (Å²) in [5.74, 6) is 0.688. The summed E-state index contributed by atoms with van der Waals surface area (Å²) in [5, 5.41) is 11.4. The molecule has 0 atom stereocenters. The Hall–Kier alpha value is -5.58. The van der Waals surface area contributed by atoms with E-state index in [9.17, 15) is 0 Å². The molecule has 9 aromatic rings. The third-order valence-electron chi connectivity index (χ3n) is 10.2. The molecular formula is C42H29N3Si. The van der Waals surface area contributed by atoms with Crippen molar-refractivity contribution < 1.29 is 0 Å². The molecule has 4 heteroatoms. The SMILES string of the molecule is C[Si]1(C)c2ccccc2-c2c1ccc1cc3c(cc21)c1ccccc1n3-c1nc(-c2ccccc2)c2ccc3ccccc3c2n1. The molecule has 0 amide bonds. The Morgan fingerprint density at radius 1 is 0.500 bits per heavy atom. The van der Waals surface area contributed by atoms with Gasteiger partial charge in [-0.05, 0) is 61.9 Å². The summed E-state index contributed by atoms with van der Waals surface area (Å²) in [7, 11) is -1.78. The highest BCUT2D eigenvalue weighted by Gasteiger charge is 2.38. The smallest absolute Gasteiger partial charge is 0.235 e. The van der Waals surface area contributed by atoms with Gasteiger partial charge in [-0.25, -0.2) is 9.97 Å². The Balaban J connectivity index is 1.33. The van der Waals surface area contributed by atoms with Gasteiger partial charge in [0, 0.05) is 27.1 Å². The van der Waals surface area contributed by atoms with Gasteiger partial charge in [-0.3, -0.25) is 4.57 Å². The van der Waals surface area contributed by atoms with Crippen molar-refractivity contribution in [3.63, 3.8) is 0 Å². The lowest BCUT2D eigenvalue weighted by Crippen LogP contribution is -2.49. The van der Waals surface area contributed by atoms with Gasteiger partial charge in [0.05, 0.1) is 22.2 Å². The molecule has 2 aromatic heterocycles. The summed E-state index contributed by atoms with van der Waals surface area (Å²) in [5.41, 5.74) is 8.05. The first kappa shape index (κ1) is 25.7. The predicted octanol–water partition coefficient (Wildman–Crippen LogP) is 9.50. The number of fused-ring (bicyclic) bond motifs is 11. The monoisotopic (exact) mass is 603 g/mol. The number of rotatable bonds is 2. The number of aromatic nitrogens is 3. The van der Waals surface area contributed by atoms with Gasteiger partial charge in [-0.15, -0.1) is 0 Å². The van der Waals surface area contributed by atoms with Gasteiger partial charge in [0.2, 0.25) is 5.95 Å². The summed E-state index contributed by atoms with van der Waals surface area (Å²) in [6, 6.07) is 50.7. The van der Waals surface area contributed by atoms with Gasteiger partial charge in [-0.2, -0.15) is 0 Å². The van der Waals surface area contributed by atoms with Crippen LogP contribution in [0.1, 0.15) is 0 Å². The van der Waals surface area contributed by atoms with Gasteiger partial charge in [0.25, 0.3) is 0 Å². The van der Waals surface area contributed by atoms with Crippen molar-refractivity contribution in [1.29, 1.82) is 0 Å². The normalized spacial score (nSPS) is 13.6. The molecule has 1 aliphatic heterocycles. The maximum Gasteiger partial charge on any atom is 0.235 e. The summed E-state index contributed by atoms with van der Waals surface area (Å²) in [4.78, 5) is 10.7.